The van der Waals surface area contributed by atoms with Gasteiger partial charge in [0.1, 0.15) is 23.7 Å². The van der Waals surface area contributed by atoms with Crippen LogP contribution < -0.4 is 25.6 Å². The Hall–Kier alpha value is -5.76. The number of para-hydroxylation sites is 2. The van der Waals surface area contributed by atoms with Gasteiger partial charge in [0.25, 0.3) is 11.8 Å². The molecule has 4 rings (SSSR count). The highest BCUT2D eigenvalue weighted by atomic mass is 16.5. The molecule has 0 aliphatic heterocycles. The molecule has 2 atom stereocenters. The zero-order chi connectivity index (χ0) is 36.1. The zero-order valence-electron chi connectivity index (χ0n) is 28.0. The number of benzene rings is 4. The predicted molar refractivity (Wildman–Crippen MR) is 198 cm³/mol. The average molecular weight is 720 g/mol. The Morgan fingerprint density at radius 2 is 0.962 bits per heavy atom. The summed E-state index contributed by atoms with van der Waals surface area (Å²) in [5.74, 6) is -0.641. The highest BCUT2D eigenvalue weighted by molar-refractivity contribution is 5.97. The molecule has 0 unspecified atom stereocenters. The first-order valence-electron chi connectivity index (χ1n) is 15.4. The van der Waals surface area contributed by atoms with E-state index in [4.69, 9.17) is 24.2 Å². The third-order valence-electron chi connectivity index (χ3n) is 6.96. The molecule has 0 bridgehead atoms. The van der Waals surface area contributed by atoms with Gasteiger partial charge in [-0.25, -0.2) is 5.48 Å². The topological polar surface area (TPSA) is 171 Å². The van der Waals surface area contributed by atoms with Crippen LogP contribution in [-0.2, 0) is 46.6 Å². The SMILES string of the molecule is C.C.COC(=O)C[C@@H](OCc1ccc(OC)cc1)C(=O)Nc1ccccc1.COc1ccc(CO[C@H](CC(=O)NO)C(=O)Nc2ccccc2)cc1. The van der Waals surface area contributed by atoms with Gasteiger partial charge in [-0.3, -0.25) is 24.4 Å². The van der Waals surface area contributed by atoms with E-state index in [0.717, 1.165) is 16.9 Å². The molecule has 0 aliphatic carbocycles. The number of carbonyl (C=O) groups is 4. The molecule has 280 valence electrons. The van der Waals surface area contributed by atoms with Crippen molar-refractivity contribution < 1.29 is 48.1 Å². The summed E-state index contributed by atoms with van der Waals surface area (Å²) in [4.78, 5) is 47.8. The lowest BCUT2D eigenvalue weighted by molar-refractivity contribution is -0.148. The number of carbonyl (C=O) groups excluding carboxylic acids is 4. The molecule has 0 saturated carbocycles. The van der Waals surface area contributed by atoms with Crippen LogP contribution >= 0.6 is 0 Å². The number of hydroxylamine groups is 1. The highest BCUT2D eigenvalue weighted by Gasteiger charge is 2.24. The number of esters is 1. The Morgan fingerprint density at radius 3 is 1.31 bits per heavy atom. The van der Waals surface area contributed by atoms with Crippen LogP contribution in [0, 0.1) is 0 Å². The van der Waals surface area contributed by atoms with Gasteiger partial charge in [0, 0.05) is 11.4 Å². The van der Waals surface area contributed by atoms with Gasteiger partial charge in [-0.2, -0.15) is 0 Å². The first-order valence-corrected chi connectivity index (χ1v) is 15.4. The molecule has 13 nitrogen and oxygen atoms in total. The van der Waals surface area contributed by atoms with Crippen LogP contribution in [0.5, 0.6) is 11.5 Å². The lowest BCUT2D eigenvalue weighted by atomic mass is 10.2. The van der Waals surface area contributed by atoms with Crippen molar-refractivity contribution in [2.24, 2.45) is 0 Å². The van der Waals surface area contributed by atoms with Crippen LogP contribution in [0.2, 0.25) is 0 Å². The Labute approximate surface area is 305 Å². The molecule has 3 amide bonds. The molecule has 52 heavy (non-hydrogen) atoms. The predicted octanol–water partition coefficient (Wildman–Crippen LogP) is 6.17. The zero-order valence-corrected chi connectivity index (χ0v) is 28.0. The largest absolute Gasteiger partial charge is 0.497 e. The molecule has 0 aromatic heterocycles. The third kappa shape index (κ3) is 15.9. The van der Waals surface area contributed by atoms with Crippen LogP contribution in [0.4, 0.5) is 11.4 Å². The van der Waals surface area contributed by atoms with E-state index >= 15 is 0 Å². The molecule has 0 saturated heterocycles. The fraction of sp³-hybridized carbons (Fsp3) is 0.282. The van der Waals surface area contributed by atoms with E-state index in [1.807, 2.05) is 36.4 Å². The quantitative estimate of drug-likeness (QED) is 0.0597. The summed E-state index contributed by atoms with van der Waals surface area (Å²) in [5.41, 5.74) is 4.43. The molecule has 0 spiro atoms. The second-order valence-electron chi connectivity index (χ2n) is 10.5. The maximum absolute atomic E-state index is 12.4. The van der Waals surface area contributed by atoms with E-state index in [0.29, 0.717) is 17.1 Å². The number of methoxy groups -OCH3 is 3. The molecule has 4 aromatic carbocycles. The molecule has 13 heteroatoms. The summed E-state index contributed by atoms with van der Waals surface area (Å²) in [6, 6.07) is 32.3. The van der Waals surface area contributed by atoms with Gasteiger partial charge >= 0.3 is 5.97 Å². The molecule has 0 heterocycles. The van der Waals surface area contributed by atoms with Crippen molar-refractivity contribution in [1.29, 1.82) is 0 Å². The monoisotopic (exact) mass is 719 g/mol. The molecule has 0 fully saturated rings. The number of nitrogens with one attached hydrogen (secondary N) is 3. The van der Waals surface area contributed by atoms with Crippen molar-refractivity contribution in [2.45, 2.75) is 53.1 Å². The van der Waals surface area contributed by atoms with Crippen molar-refractivity contribution in [2.75, 3.05) is 32.0 Å². The average Bonchev–Trinajstić information content (AvgIpc) is 3.16. The number of rotatable bonds is 16. The van der Waals surface area contributed by atoms with Gasteiger partial charge in [-0.05, 0) is 59.7 Å². The number of hydrogen-bond donors (Lipinski definition) is 4. The second-order valence-corrected chi connectivity index (χ2v) is 10.5. The van der Waals surface area contributed by atoms with Crippen molar-refractivity contribution in [1.82, 2.24) is 5.48 Å². The molecule has 0 aliphatic rings. The van der Waals surface area contributed by atoms with Gasteiger partial charge in [0.05, 0.1) is 47.4 Å². The second kappa shape index (κ2) is 24.4. The summed E-state index contributed by atoms with van der Waals surface area (Å²) < 4.78 is 26.1. The standard InChI is InChI=1S/C19H21NO5.C18H20N2O5.2CH4/c1-23-16-10-8-14(9-11-16)13-25-17(12-18(21)24-2)19(22)20-15-6-4-3-5-7-15;1-24-15-9-7-13(8-10-15)12-25-16(11-17(21)20-23)18(22)19-14-5-3-2-4-6-14;;/h3-11,17H,12-13H2,1-2H3,(H,20,22);2-10,16,23H,11-12H2,1H3,(H,19,22)(H,20,21);2*1H4/t17-;16-;;/m11../s1. The number of ether oxygens (including phenoxy) is 5. The molecular weight excluding hydrogens is 670 g/mol. The Morgan fingerprint density at radius 1 is 0.577 bits per heavy atom. The highest BCUT2D eigenvalue weighted by Crippen LogP contribution is 2.16. The van der Waals surface area contributed by atoms with E-state index in [-0.39, 0.29) is 40.9 Å². The summed E-state index contributed by atoms with van der Waals surface area (Å²) in [5, 5.41) is 14.1. The van der Waals surface area contributed by atoms with E-state index in [1.165, 1.54) is 12.6 Å². The van der Waals surface area contributed by atoms with Gasteiger partial charge < -0.3 is 34.3 Å². The first-order chi connectivity index (χ1) is 24.2. The Bertz CT molecular complexity index is 1500. The third-order valence-corrected chi connectivity index (χ3v) is 6.96. The van der Waals surface area contributed by atoms with Gasteiger partial charge in [0.15, 0.2) is 0 Å². The van der Waals surface area contributed by atoms with Crippen molar-refractivity contribution in [3.63, 3.8) is 0 Å². The van der Waals surface area contributed by atoms with E-state index in [2.05, 4.69) is 15.4 Å². The summed E-state index contributed by atoms with van der Waals surface area (Å²) in [7, 11) is 4.44. The van der Waals surface area contributed by atoms with Gasteiger partial charge in [0.2, 0.25) is 5.91 Å². The number of hydrogen-bond acceptors (Lipinski definition) is 10. The minimum absolute atomic E-state index is 0. The summed E-state index contributed by atoms with van der Waals surface area (Å²) in [6.45, 7) is 0.323. The van der Waals surface area contributed by atoms with Crippen molar-refractivity contribution in [3.05, 3.63) is 120 Å². The maximum Gasteiger partial charge on any atom is 0.308 e. The minimum Gasteiger partial charge on any atom is -0.497 e. The van der Waals surface area contributed by atoms with Crippen LogP contribution in [0.1, 0.15) is 38.8 Å². The Kier molecular flexibility index (Phi) is 20.8. The fourth-order valence-corrected chi connectivity index (χ4v) is 4.23. The normalized spacial score (nSPS) is 11.0. The van der Waals surface area contributed by atoms with Crippen LogP contribution in [-0.4, -0.2) is 62.4 Å². The molecule has 4 aromatic rings. The molecular formula is C39H49N3O10. The first kappa shape index (κ1) is 44.3. The Balaban J connectivity index is 0.000000501. The number of anilines is 2. The van der Waals surface area contributed by atoms with Crippen LogP contribution in [0.15, 0.2) is 109 Å². The summed E-state index contributed by atoms with van der Waals surface area (Å²) >= 11 is 0. The summed E-state index contributed by atoms with van der Waals surface area (Å²) in [6.07, 6.45) is -2.46. The van der Waals surface area contributed by atoms with E-state index in [9.17, 15) is 19.2 Å². The minimum atomic E-state index is -1.05. The van der Waals surface area contributed by atoms with E-state index < -0.39 is 35.9 Å². The van der Waals surface area contributed by atoms with Gasteiger partial charge in [-0.1, -0.05) is 75.5 Å². The van der Waals surface area contributed by atoms with Crippen molar-refractivity contribution >= 4 is 35.1 Å². The molecule has 0 radical (unpaired) electrons. The fourth-order valence-electron chi connectivity index (χ4n) is 4.23. The smallest absolute Gasteiger partial charge is 0.308 e. The van der Waals surface area contributed by atoms with Crippen LogP contribution in [0.3, 0.4) is 0 Å². The number of amides is 3. The van der Waals surface area contributed by atoms with Crippen molar-refractivity contribution in [3.8, 4) is 11.5 Å². The maximum atomic E-state index is 12.4. The lowest BCUT2D eigenvalue weighted by Crippen LogP contribution is -2.35. The van der Waals surface area contributed by atoms with E-state index in [1.54, 1.807) is 87.0 Å². The lowest BCUT2D eigenvalue weighted by Gasteiger charge is -2.17. The van der Waals surface area contributed by atoms with Gasteiger partial charge in [-0.15, -0.1) is 0 Å². The van der Waals surface area contributed by atoms with Crippen LogP contribution in [0.25, 0.3) is 0 Å². The molecule has 4 N–H and O–H groups in total.